The van der Waals surface area contributed by atoms with E-state index in [0.29, 0.717) is 0 Å². The van der Waals surface area contributed by atoms with Crippen LogP contribution in [0.5, 0.6) is 0 Å². The van der Waals surface area contributed by atoms with Gasteiger partial charge in [-0.15, -0.1) is 0 Å². The molecule has 38 heavy (non-hydrogen) atoms. The Bertz CT molecular complexity index is 969. The first-order valence-corrected chi connectivity index (χ1v) is 9.59. The first kappa shape index (κ1) is 33.5. The van der Waals surface area contributed by atoms with E-state index in [9.17, 15) is 79.4 Å². The largest absolute Gasteiger partial charge is 0.460 e. The lowest BCUT2D eigenvalue weighted by atomic mass is 9.88. The number of hydrogen-bond donors (Lipinski definition) is 0. The van der Waals surface area contributed by atoms with E-state index < -0.39 is 72.5 Å². The Kier molecular flexibility index (Phi) is 8.75. The van der Waals surface area contributed by atoms with Crippen LogP contribution in [0.15, 0.2) is 30.3 Å². The quantitative estimate of drug-likeness (QED) is 0.191. The van der Waals surface area contributed by atoms with Crippen molar-refractivity contribution in [2.45, 2.75) is 73.5 Å². The van der Waals surface area contributed by atoms with Crippen LogP contribution in [0.25, 0.3) is 0 Å². The van der Waals surface area contributed by atoms with Crippen molar-refractivity contribution >= 4 is 5.97 Å². The predicted octanol–water partition coefficient (Wildman–Crippen LogP) is 8.08. The van der Waals surface area contributed by atoms with E-state index in [4.69, 9.17) is 0 Å². The van der Waals surface area contributed by atoms with Gasteiger partial charge in [-0.1, -0.05) is 30.3 Å². The molecule has 0 aliphatic rings. The molecule has 1 aromatic rings. The summed E-state index contributed by atoms with van der Waals surface area (Å²) >= 11 is 0. The van der Waals surface area contributed by atoms with E-state index in [2.05, 4.69) is 4.74 Å². The van der Waals surface area contributed by atoms with Gasteiger partial charge in [-0.2, -0.15) is 74.6 Å². The maximum absolute atomic E-state index is 13.8. The first-order valence-electron chi connectivity index (χ1n) is 9.59. The van der Waals surface area contributed by atoms with Gasteiger partial charge in [-0.25, -0.2) is 0 Å². The molecule has 220 valence electrons. The van der Waals surface area contributed by atoms with E-state index in [1.165, 1.54) is 30.3 Å². The summed E-state index contributed by atoms with van der Waals surface area (Å²) in [4.78, 5) is 11.6. The minimum atomic E-state index is -8.69. The monoisotopic (exact) mass is 596 g/mol. The lowest BCUT2D eigenvalue weighted by Gasteiger charge is -2.42. The molecule has 1 atom stereocenters. The SMILES string of the molecule is C[C@@H](OC(=O)CCC(F)(F)C(F)(F)C(F)(F)C(F)(F)C(F)(F)C(F)(F)C(F)(F)C(F)(F)F)c1ccccc1. The molecular weight excluding hydrogens is 583 g/mol. The van der Waals surface area contributed by atoms with Gasteiger partial charge in [0.2, 0.25) is 0 Å². The van der Waals surface area contributed by atoms with Crippen LogP contribution in [0.3, 0.4) is 0 Å². The van der Waals surface area contributed by atoms with Crippen molar-refractivity contribution in [2.75, 3.05) is 0 Å². The molecule has 0 radical (unpaired) electrons. The van der Waals surface area contributed by atoms with Gasteiger partial charge in [0.15, 0.2) is 0 Å². The molecule has 0 saturated heterocycles. The molecule has 1 rings (SSSR count). The zero-order valence-electron chi connectivity index (χ0n) is 18.1. The highest BCUT2D eigenvalue weighted by atomic mass is 19.4. The lowest BCUT2D eigenvalue weighted by molar-refractivity contribution is -0.461. The molecule has 0 aliphatic heterocycles. The van der Waals surface area contributed by atoms with E-state index >= 15 is 0 Å². The van der Waals surface area contributed by atoms with Crippen LogP contribution >= 0.6 is 0 Å². The third kappa shape index (κ3) is 5.20. The Morgan fingerprint density at radius 1 is 0.632 bits per heavy atom. The van der Waals surface area contributed by atoms with Gasteiger partial charge in [0, 0.05) is 6.42 Å². The molecule has 2 nitrogen and oxygen atoms in total. The summed E-state index contributed by atoms with van der Waals surface area (Å²) in [6.45, 7) is 1.10. The summed E-state index contributed by atoms with van der Waals surface area (Å²) < 4.78 is 229. The smallest absolute Gasteiger partial charge is 0.458 e. The van der Waals surface area contributed by atoms with Crippen LogP contribution in [0.4, 0.5) is 74.6 Å². The van der Waals surface area contributed by atoms with Crippen LogP contribution in [-0.4, -0.2) is 53.6 Å². The van der Waals surface area contributed by atoms with Crippen LogP contribution in [0.1, 0.15) is 31.4 Å². The van der Waals surface area contributed by atoms with Crippen molar-refractivity contribution in [3.05, 3.63) is 35.9 Å². The normalized spacial score (nSPS) is 15.8. The van der Waals surface area contributed by atoms with Crippen molar-refractivity contribution in [3.8, 4) is 0 Å². The van der Waals surface area contributed by atoms with E-state index in [1.54, 1.807) is 0 Å². The lowest BCUT2D eigenvalue weighted by Crippen LogP contribution is -2.74. The van der Waals surface area contributed by atoms with Crippen LogP contribution in [0, 0.1) is 0 Å². The van der Waals surface area contributed by atoms with Gasteiger partial charge >= 0.3 is 53.6 Å². The molecule has 0 bridgehead atoms. The Balaban J connectivity index is 3.27. The van der Waals surface area contributed by atoms with Gasteiger partial charge < -0.3 is 4.74 Å². The highest BCUT2D eigenvalue weighted by molar-refractivity contribution is 5.69. The summed E-state index contributed by atoms with van der Waals surface area (Å²) in [5.74, 6) is -58.8. The Morgan fingerprint density at radius 2 is 1.00 bits per heavy atom. The Hall–Kier alpha value is -2.50. The number of carbonyl (C=O) groups is 1. The summed E-state index contributed by atoms with van der Waals surface area (Å²) in [7, 11) is 0. The van der Waals surface area contributed by atoms with Crippen LogP contribution in [0.2, 0.25) is 0 Å². The first-order chi connectivity index (χ1) is 16.6. The highest BCUT2D eigenvalue weighted by Crippen LogP contribution is 2.64. The molecule has 0 heterocycles. The number of alkyl halides is 17. The zero-order valence-corrected chi connectivity index (χ0v) is 18.1. The number of rotatable bonds is 11. The summed E-state index contributed by atoms with van der Waals surface area (Å²) in [6, 6.07) is 6.87. The van der Waals surface area contributed by atoms with Crippen LogP contribution in [-0.2, 0) is 9.53 Å². The van der Waals surface area contributed by atoms with Gasteiger partial charge in [0.1, 0.15) is 6.10 Å². The van der Waals surface area contributed by atoms with E-state index in [-0.39, 0.29) is 5.56 Å². The molecule has 1 aromatic carbocycles. The van der Waals surface area contributed by atoms with Crippen molar-refractivity contribution in [1.29, 1.82) is 0 Å². The van der Waals surface area contributed by atoms with Crippen molar-refractivity contribution in [1.82, 2.24) is 0 Å². The van der Waals surface area contributed by atoms with Crippen molar-refractivity contribution in [2.24, 2.45) is 0 Å². The maximum Gasteiger partial charge on any atom is 0.460 e. The van der Waals surface area contributed by atoms with Gasteiger partial charge in [-0.3, -0.25) is 4.79 Å². The summed E-state index contributed by atoms with van der Waals surface area (Å²) in [5.41, 5.74) is 0.183. The standard InChI is InChI=1S/C19H13F17O2/c1-9(10-5-3-2-4-6-10)38-11(37)7-8-12(20,21)13(22,23)14(24,25)15(26,27)16(28,29)17(30,31)18(32,33)19(34,35)36/h2-6,9H,7-8H2,1H3/t9-/m1/s1. The molecule has 0 spiro atoms. The maximum atomic E-state index is 13.8. The second-order valence-electron chi connectivity index (χ2n) is 7.69. The average molecular weight is 596 g/mol. The second-order valence-corrected chi connectivity index (χ2v) is 7.69. The molecule has 0 N–H and O–H groups in total. The number of esters is 1. The van der Waals surface area contributed by atoms with Gasteiger partial charge in [-0.05, 0) is 12.5 Å². The summed E-state index contributed by atoms with van der Waals surface area (Å²) in [5, 5.41) is 0. The number of ether oxygens (including phenoxy) is 1. The fraction of sp³-hybridized carbons (Fsp3) is 0.632. The third-order valence-corrected chi connectivity index (χ3v) is 5.01. The Labute approximate surface area is 200 Å². The number of benzene rings is 1. The average Bonchev–Trinajstić information content (AvgIpc) is 2.76. The molecule has 0 aromatic heterocycles. The van der Waals surface area contributed by atoms with E-state index in [0.717, 1.165) is 6.92 Å². The fourth-order valence-corrected chi connectivity index (χ4v) is 2.66. The second kappa shape index (κ2) is 9.91. The van der Waals surface area contributed by atoms with Gasteiger partial charge in [0.25, 0.3) is 0 Å². The molecule has 19 heteroatoms. The van der Waals surface area contributed by atoms with Crippen molar-refractivity contribution in [3.63, 3.8) is 0 Å². The molecule has 0 amide bonds. The fourth-order valence-electron chi connectivity index (χ4n) is 2.66. The molecule has 0 fully saturated rings. The minimum absolute atomic E-state index is 0.183. The van der Waals surface area contributed by atoms with Crippen molar-refractivity contribution < 1.29 is 84.2 Å². The minimum Gasteiger partial charge on any atom is -0.458 e. The number of halogens is 17. The Morgan fingerprint density at radius 3 is 1.39 bits per heavy atom. The molecule has 0 unspecified atom stereocenters. The molecule has 0 aliphatic carbocycles. The molecule has 0 saturated carbocycles. The number of hydrogen-bond acceptors (Lipinski definition) is 2. The predicted molar refractivity (Wildman–Crippen MR) is 90.9 cm³/mol. The topological polar surface area (TPSA) is 26.3 Å². The third-order valence-electron chi connectivity index (χ3n) is 5.01. The highest BCUT2D eigenvalue weighted by Gasteiger charge is 2.95. The molecular formula is C19H13F17O2. The zero-order chi connectivity index (χ0) is 30.4. The van der Waals surface area contributed by atoms with Gasteiger partial charge in [0.05, 0.1) is 6.42 Å². The summed E-state index contributed by atoms with van der Waals surface area (Å²) in [6.07, 6.45) is -13.9. The van der Waals surface area contributed by atoms with Crippen LogP contribution < -0.4 is 0 Å². The van der Waals surface area contributed by atoms with E-state index in [1.807, 2.05) is 0 Å². The number of carbonyl (C=O) groups excluding carboxylic acids is 1.